The Labute approximate surface area is 402 Å². The van der Waals surface area contributed by atoms with Gasteiger partial charge in [0.2, 0.25) is 6.08 Å². The number of nitrogens with zero attached hydrogens (tertiary/aromatic N) is 3. The number of anilines is 2. The van der Waals surface area contributed by atoms with E-state index in [1.54, 1.807) is 97.1 Å². The number of hydrogen-bond donors (Lipinski definition) is 3. The van der Waals surface area contributed by atoms with Gasteiger partial charge in [-0.1, -0.05) is 21.3 Å². The number of rotatable bonds is 11. The van der Waals surface area contributed by atoms with Crippen LogP contribution in [0.1, 0.15) is 70.2 Å². The van der Waals surface area contributed by atoms with E-state index in [0.717, 1.165) is 24.0 Å². The zero-order valence-corrected chi connectivity index (χ0v) is 40.6. The topological polar surface area (TPSA) is 121 Å². The van der Waals surface area contributed by atoms with Gasteiger partial charge in [0.05, 0.1) is 28.8 Å². The molecule has 0 spiro atoms. The summed E-state index contributed by atoms with van der Waals surface area (Å²) in [5.74, 6) is -1.33. The average Bonchev–Trinajstić information content (AvgIpc) is 3.28. The van der Waals surface area contributed by atoms with Crippen molar-refractivity contribution in [3.8, 4) is 0 Å². The monoisotopic (exact) mass is 1140 g/mol. The number of nitrogen functional groups attached to an aromatic ring is 1. The second kappa shape index (κ2) is 30.1. The van der Waals surface area contributed by atoms with E-state index >= 15 is 0 Å². The normalized spacial score (nSPS) is 10.7. The molecule has 8 nitrogen and oxygen atoms in total. The van der Waals surface area contributed by atoms with E-state index in [9.17, 15) is 27.2 Å². The molecule has 0 aromatic heterocycles. The van der Waals surface area contributed by atoms with Crippen LogP contribution in [0, 0.1) is 23.3 Å². The molecule has 64 heavy (non-hydrogen) atoms. The van der Waals surface area contributed by atoms with Gasteiger partial charge < -0.3 is 16.4 Å². The molecule has 6 aromatic rings. The zero-order chi connectivity index (χ0) is 46.1. The molecule has 2 amide bonds. The van der Waals surface area contributed by atoms with Crippen LogP contribution in [0.15, 0.2) is 161 Å². The first kappa shape index (κ1) is 55.0. The third-order valence-corrected chi connectivity index (χ3v) is 8.82. The molecular weight excluding hydrogens is 1090 g/mol. The fourth-order valence-corrected chi connectivity index (χ4v) is 5.12. The van der Waals surface area contributed by atoms with Gasteiger partial charge in [0.15, 0.2) is 0 Å². The van der Waals surface area contributed by atoms with Gasteiger partial charge in [0, 0.05) is 39.7 Å². The minimum absolute atomic E-state index is 0. The summed E-state index contributed by atoms with van der Waals surface area (Å²) in [6, 6.07) is 38.2. The van der Waals surface area contributed by atoms with Crippen molar-refractivity contribution in [2.45, 2.75) is 60.0 Å². The number of hydrogen-bond acceptors (Lipinski definition) is 6. The van der Waals surface area contributed by atoms with Crippen LogP contribution < -0.4 is 16.4 Å². The molecule has 335 valence electrons. The van der Waals surface area contributed by atoms with Crippen molar-refractivity contribution in [1.82, 2.24) is 5.32 Å². The van der Waals surface area contributed by atoms with Crippen molar-refractivity contribution in [2.75, 3.05) is 11.1 Å². The van der Waals surface area contributed by atoms with Gasteiger partial charge in [0.1, 0.15) is 23.3 Å². The Morgan fingerprint density at radius 3 is 1.22 bits per heavy atom. The van der Waals surface area contributed by atoms with Crippen molar-refractivity contribution >= 4 is 86.2 Å². The number of carbonyl (C=O) groups is 1. The Kier molecular flexibility index (Phi) is 25.9. The van der Waals surface area contributed by atoms with Gasteiger partial charge in [-0.15, -0.1) is 0 Å². The Morgan fingerprint density at radius 1 is 0.609 bits per heavy atom. The number of isocyanates is 1. The summed E-state index contributed by atoms with van der Waals surface area (Å²) in [6.45, 7) is 7.79. The standard InChI is InChI=1S/C24H23F2N3O.C19H14F2N2.C5H9NO.CH4.2HI.V/c1-3-16(2)27-24(30)29-22-14-12-21(13-15-22)28-23(17-4-8-19(25)9-5-17)18-6-10-20(26)11-7-18;20-15-5-1-13(2-6-15)19(14-3-7-16(21)8-4-14)23-18-11-9-17(22)10-12-18;1-3-5(2)6-4-7;;;;/h4-16H,3H2,1-2H3,(H2,27,29,30);1-12H,22H2;5H,3H2,1-2H3;1H4;2*1H;/q;;;;;;+2/p-2. The Balaban J connectivity index is 0.000000366. The predicted octanol–water partition coefficient (Wildman–Crippen LogP) is 14.3. The van der Waals surface area contributed by atoms with E-state index in [4.69, 9.17) is 5.73 Å². The molecule has 0 radical (unpaired) electrons. The van der Waals surface area contributed by atoms with Gasteiger partial charge in [0.25, 0.3) is 0 Å². The van der Waals surface area contributed by atoms with Crippen molar-refractivity contribution in [3.05, 3.63) is 191 Å². The van der Waals surface area contributed by atoms with Crippen LogP contribution in [0.3, 0.4) is 0 Å². The van der Waals surface area contributed by atoms with E-state index in [1.807, 2.05) is 27.7 Å². The fourth-order valence-electron chi connectivity index (χ4n) is 5.12. The molecule has 0 aliphatic rings. The maximum absolute atomic E-state index is 13.4. The zero-order valence-electron chi connectivity index (χ0n) is 34.9. The molecular formula is C49H50F4I2N6O2V. The van der Waals surface area contributed by atoms with Crippen LogP contribution in [0.25, 0.3) is 0 Å². The van der Waals surface area contributed by atoms with E-state index in [2.05, 4.69) is 65.6 Å². The molecule has 2 unspecified atom stereocenters. The van der Waals surface area contributed by atoms with Crippen molar-refractivity contribution in [2.24, 2.45) is 15.0 Å². The number of carbonyl (C=O) groups excluding carboxylic acids is 2. The van der Waals surface area contributed by atoms with Crippen LogP contribution in [0.2, 0.25) is 0 Å². The van der Waals surface area contributed by atoms with Crippen molar-refractivity contribution < 1.29 is 36.6 Å². The molecule has 2 atom stereocenters. The first-order valence-corrected chi connectivity index (χ1v) is 28.5. The molecule has 0 aliphatic carbocycles. The molecule has 0 aliphatic heterocycles. The summed E-state index contributed by atoms with van der Waals surface area (Å²) in [4.78, 5) is 34.2. The van der Waals surface area contributed by atoms with E-state index in [-0.39, 0.29) is 48.8 Å². The van der Waals surface area contributed by atoms with Crippen LogP contribution in [-0.4, -0.2) is 35.6 Å². The number of aliphatic imine (C=N–C) groups is 3. The third kappa shape index (κ3) is 20.1. The van der Waals surface area contributed by atoms with Crippen LogP contribution in [-0.2, 0) is 14.3 Å². The quantitative estimate of drug-likeness (QED) is 0.0394. The average molecular weight is 1140 g/mol. The summed E-state index contributed by atoms with van der Waals surface area (Å²) >= 11 is 4.74. The molecule has 4 N–H and O–H groups in total. The maximum atomic E-state index is 13.4. The first-order chi connectivity index (χ1) is 30.3. The fraction of sp³-hybridized carbons (Fsp3) is 0.184. The van der Waals surface area contributed by atoms with E-state index < -0.39 is 0 Å². The molecule has 0 bridgehead atoms. The minimum atomic E-state index is -0.344. The van der Waals surface area contributed by atoms with Gasteiger partial charge in [-0.05, 0) is 172 Å². The second-order valence-corrected chi connectivity index (χ2v) is 25.3. The van der Waals surface area contributed by atoms with Crippen LogP contribution in [0.4, 0.5) is 45.1 Å². The van der Waals surface area contributed by atoms with Gasteiger partial charge in [-0.2, -0.15) is 0 Å². The first-order valence-electron chi connectivity index (χ1n) is 19.5. The van der Waals surface area contributed by atoms with Gasteiger partial charge in [-0.25, -0.2) is 42.1 Å². The number of nitrogens with one attached hydrogen (secondary N) is 2. The van der Waals surface area contributed by atoms with Gasteiger partial charge >= 0.3 is 55.5 Å². The Morgan fingerprint density at radius 2 is 0.938 bits per heavy atom. The van der Waals surface area contributed by atoms with Crippen molar-refractivity contribution in [3.63, 3.8) is 0 Å². The van der Waals surface area contributed by atoms with Crippen LogP contribution in [0.5, 0.6) is 0 Å². The molecule has 0 saturated carbocycles. The number of benzene rings is 6. The Hall–Kier alpha value is -5.13. The molecule has 0 saturated heterocycles. The summed E-state index contributed by atoms with van der Waals surface area (Å²) in [5, 5.41) is 5.62. The van der Waals surface area contributed by atoms with Gasteiger partial charge in [-0.3, -0.25) is 0 Å². The summed E-state index contributed by atoms with van der Waals surface area (Å²) in [7, 11) is 0.628. The second-order valence-electron chi connectivity index (χ2n) is 13.5. The molecule has 0 heterocycles. The predicted molar refractivity (Wildman–Crippen MR) is 268 cm³/mol. The number of amides is 2. The molecule has 6 rings (SSSR count). The molecule has 15 heteroatoms. The van der Waals surface area contributed by atoms with E-state index in [1.165, 1.54) is 54.6 Å². The number of urea groups is 1. The molecule has 0 fully saturated rings. The summed E-state index contributed by atoms with van der Waals surface area (Å²) in [6.07, 6.45) is 3.25. The third-order valence-electron chi connectivity index (χ3n) is 8.82. The molecule has 6 aromatic carbocycles. The Bertz CT molecular complexity index is 2310. The number of halogens is 6. The number of nitrogens with two attached hydrogens (primary N) is 1. The van der Waals surface area contributed by atoms with Crippen molar-refractivity contribution in [1.29, 1.82) is 0 Å². The summed E-state index contributed by atoms with van der Waals surface area (Å²) < 4.78 is 53.1. The summed E-state index contributed by atoms with van der Waals surface area (Å²) in [5.41, 5.74) is 12.4. The van der Waals surface area contributed by atoms with Crippen LogP contribution >= 0.6 is 40.0 Å². The SMILES string of the molecule is C.CCC(C)N=C=O.CCC(C)NC(=O)Nc1ccc(N=C(c2ccc(F)cc2)c2ccc(F)cc2)cc1.Nc1ccc(N=C(c2ccc(F)cc2)c2ccc(F)cc2)cc1.[I][V][I]. The van der Waals surface area contributed by atoms with E-state index in [0.29, 0.717) is 54.8 Å².